The van der Waals surface area contributed by atoms with Crippen molar-refractivity contribution < 1.29 is 18.6 Å². The number of benzene rings is 2. The fourth-order valence-corrected chi connectivity index (χ4v) is 2.92. The van der Waals surface area contributed by atoms with Gasteiger partial charge in [0, 0.05) is 0 Å². The van der Waals surface area contributed by atoms with Gasteiger partial charge in [0.1, 0.15) is 12.0 Å². The Morgan fingerprint density at radius 1 is 0.960 bits per heavy atom. The first kappa shape index (κ1) is 16.9. The van der Waals surface area contributed by atoms with Gasteiger partial charge in [-0.1, -0.05) is 19.1 Å². The molecule has 0 saturated carbocycles. The fraction of sp³-hybridized carbons (Fsp3) is 0.250. The Morgan fingerprint density at radius 3 is 2.20 bits per heavy atom. The molecule has 0 N–H and O–H groups in total. The van der Waals surface area contributed by atoms with E-state index in [2.05, 4.69) is 0 Å². The Bertz CT molecular complexity index is 954. The SMILES string of the molecule is CCc1cc2c(=O)c(-c3ccc(OC)cc3)coc2c(OC)c1OC. The van der Waals surface area contributed by atoms with Crippen molar-refractivity contribution in [3.63, 3.8) is 0 Å². The third-order valence-corrected chi connectivity index (χ3v) is 4.24. The molecule has 0 aliphatic carbocycles. The number of methoxy groups -OCH3 is 3. The molecular weight excluding hydrogens is 320 g/mol. The van der Waals surface area contributed by atoms with E-state index < -0.39 is 0 Å². The average Bonchev–Trinajstić information content (AvgIpc) is 2.67. The van der Waals surface area contributed by atoms with Crippen LogP contribution in [0, 0.1) is 0 Å². The summed E-state index contributed by atoms with van der Waals surface area (Å²) in [6.45, 7) is 2.00. The van der Waals surface area contributed by atoms with Crippen molar-refractivity contribution >= 4 is 11.0 Å². The zero-order valence-corrected chi connectivity index (χ0v) is 14.7. The van der Waals surface area contributed by atoms with Gasteiger partial charge in [0.25, 0.3) is 0 Å². The molecule has 3 rings (SSSR count). The number of fused-ring (bicyclic) bond motifs is 1. The Hall–Kier alpha value is -2.95. The van der Waals surface area contributed by atoms with E-state index in [4.69, 9.17) is 18.6 Å². The number of aryl methyl sites for hydroxylation is 1. The summed E-state index contributed by atoms with van der Waals surface area (Å²) in [5.74, 6) is 1.77. The van der Waals surface area contributed by atoms with Gasteiger partial charge < -0.3 is 18.6 Å². The summed E-state index contributed by atoms with van der Waals surface area (Å²) in [4.78, 5) is 13.0. The minimum atomic E-state index is -0.109. The van der Waals surface area contributed by atoms with Crippen molar-refractivity contribution in [3.05, 3.63) is 52.4 Å². The molecule has 0 spiro atoms. The first-order chi connectivity index (χ1) is 12.1. The Morgan fingerprint density at radius 2 is 1.64 bits per heavy atom. The molecule has 1 heterocycles. The van der Waals surface area contributed by atoms with Crippen LogP contribution in [0.5, 0.6) is 17.2 Å². The van der Waals surface area contributed by atoms with Crippen molar-refractivity contribution in [3.8, 4) is 28.4 Å². The molecule has 0 aliphatic heterocycles. The van der Waals surface area contributed by atoms with Gasteiger partial charge in [-0.15, -0.1) is 0 Å². The maximum absolute atomic E-state index is 13.0. The predicted molar refractivity (Wildman–Crippen MR) is 97.0 cm³/mol. The van der Waals surface area contributed by atoms with Crippen LogP contribution in [0.25, 0.3) is 22.1 Å². The topological polar surface area (TPSA) is 57.9 Å². The summed E-state index contributed by atoms with van der Waals surface area (Å²) < 4.78 is 21.8. The van der Waals surface area contributed by atoms with Crippen LogP contribution in [0.15, 0.2) is 45.8 Å². The van der Waals surface area contributed by atoms with E-state index in [1.54, 1.807) is 14.2 Å². The molecule has 5 heteroatoms. The first-order valence-corrected chi connectivity index (χ1v) is 7.98. The van der Waals surface area contributed by atoms with Crippen LogP contribution in [0.2, 0.25) is 0 Å². The molecule has 25 heavy (non-hydrogen) atoms. The fourth-order valence-electron chi connectivity index (χ4n) is 2.92. The van der Waals surface area contributed by atoms with Gasteiger partial charge in [0.15, 0.2) is 11.3 Å². The molecule has 0 atom stereocenters. The zero-order valence-electron chi connectivity index (χ0n) is 14.7. The van der Waals surface area contributed by atoms with Crippen molar-refractivity contribution in [1.29, 1.82) is 0 Å². The summed E-state index contributed by atoms with van der Waals surface area (Å²) in [6.07, 6.45) is 2.17. The smallest absolute Gasteiger partial charge is 0.204 e. The van der Waals surface area contributed by atoms with E-state index in [0.29, 0.717) is 34.5 Å². The third-order valence-electron chi connectivity index (χ3n) is 4.24. The molecular formula is C20H20O5. The second-order valence-electron chi connectivity index (χ2n) is 5.54. The average molecular weight is 340 g/mol. The van der Waals surface area contributed by atoms with Crippen LogP contribution >= 0.6 is 0 Å². The van der Waals surface area contributed by atoms with Gasteiger partial charge in [-0.3, -0.25) is 4.79 Å². The lowest BCUT2D eigenvalue weighted by molar-refractivity contribution is 0.350. The molecule has 3 aromatic rings. The molecule has 0 aliphatic rings. The maximum atomic E-state index is 13.0. The lowest BCUT2D eigenvalue weighted by Crippen LogP contribution is -2.07. The van der Waals surface area contributed by atoms with Crippen LogP contribution in [0.3, 0.4) is 0 Å². The molecule has 5 nitrogen and oxygen atoms in total. The predicted octanol–water partition coefficient (Wildman–Crippen LogP) is 4.05. The van der Waals surface area contributed by atoms with Gasteiger partial charge in [0.05, 0.1) is 32.3 Å². The maximum Gasteiger partial charge on any atom is 0.204 e. The minimum Gasteiger partial charge on any atom is -0.497 e. The van der Waals surface area contributed by atoms with Crippen LogP contribution in [0.1, 0.15) is 12.5 Å². The molecule has 1 aromatic heterocycles. The highest BCUT2D eigenvalue weighted by Crippen LogP contribution is 2.38. The molecule has 0 unspecified atom stereocenters. The zero-order chi connectivity index (χ0) is 18.0. The van der Waals surface area contributed by atoms with Crippen LogP contribution in [0.4, 0.5) is 0 Å². The van der Waals surface area contributed by atoms with Gasteiger partial charge >= 0.3 is 0 Å². The van der Waals surface area contributed by atoms with E-state index in [0.717, 1.165) is 16.9 Å². The standard InChI is InChI=1S/C20H20O5/c1-5-12-10-15-17(21)16(13-6-8-14(22-2)9-7-13)11-25-19(15)20(24-4)18(12)23-3/h6-11H,5H2,1-4H3. The minimum absolute atomic E-state index is 0.109. The second-order valence-corrected chi connectivity index (χ2v) is 5.54. The van der Waals surface area contributed by atoms with E-state index >= 15 is 0 Å². The summed E-state index contributed by atoms with van der Waals surface area (Å²) >= 11 is 0. The number of ether oxygens (including phenoxy) is 3. The first-order valence-electron chi connectivity index (χ1n) is 7.98. The summed E-state index contributed by atoms with van der Waals surface area (Å²) in [5, 5.41) is 0.475. The Balaban J connectivity index is 2.27. The monoisotopic (exact) mass is 340 g/mol. The van der Waals surface area contributed by atoms with Crippen LogP contribution in [-0.4, -0.2) is 21.3 Å². The van der Waals surface area contributed by atoms with Crippen LogP contribution in [-0.2, 0) is 6.42 Å². The van der Waals surface area contributed by atoms with Gasteiger partial charge in [-0.25, -0.2) is 0 Å². The van der Waals surface area contributed by atoms with Crippen molar-refractivity contribution in [2.24, 2.45) is 0 Å². The van der Waals surface area contributed by atoms with Gasteiger partial charge in [0.2, 0.25) is 11.2 Å². The van der Waals surface area contributed by atoms with E-state index in [1.807, 2.05) is 37.3 Å². The van der Waals surface area contributed by atoms with Gasteiger partial charge in [-0.05, 0) is 35.7 Å². The van der Waals surface area contributed by atoms with Crippen molar-refractivity contribution in [2.75, 3.05) is 21.3 Å². The van der Waals surface area contributed by atoms with E-state index in [1.165, 1.54) is 13.4 Å². The number of hydrogen-bond acceptors (Lipinski definition) is 5. The molecule has 0 saturated heterocycles. The molecule has 0 fully saturated rings. The van der Waals surface area contributed by atoms with E-state index in [-0.39, 0.29) is 5.43 Å². The summed E-state index contributed by atoms with van der Waals surface area (Å²) in [7, 11) is 4.71. The largest absolute Gasteiger partial charge is 0.497 e. The van der Waals surface area contributed by atoms with Crippen LogP contribution < -0.4 is 19.6 Å². The highest BCUT2D eigenvalue weighted by Gasteiger charge is 2.19. The quantitative estimate of drug-likeness (QED) is 0.701. The van der Waals surface area contributed by atoms with Gasteiger partial charge in [-0.2, -0.15) is 0 Å². The normalized spacial score (nSPS) is 10.7. The molecule has 2 aromatic carbocycles. The van der Waals surface area contributed by atoms with E-state index in [9.17, 15) is 4.79 Å². The second kappa shape index (κ2) is 6.89. The molecule has 130 valence electrons. The Kier molecular flexibility index (Phi) is 4.65. The molecule has 0 amide bonds. The highest BCUT2D eigenvalue weighted by molar-refractivity contribution is 5.89. The molecule has 0 radical (unpaired) electrons. The lowest BCUT2D eigenvalue weighted by atomic mass is 10.0. The van der Waals surface area contributed by atoms with Crippen molar-refractivity contribution in [1.82, 2.24) is 0 Å². The lowest BCUT2D eigenvalue weighted by Gasteiger charge is -2.14. The Labute approximate surface area is 145 Å². The highest BCUT2D eigenvalue weighted by atomic mass is 16.5. The number of hydrogen-bond donors (Lipinski definition) is 0. The third kappa shape index (κ3) is 2.82. The summed E-state index contributed by atoms with van der Waals surface area (Å²) in [5.41, 5.74) is 2.43. The summed E-state index contributed by atoms with van der Waals surface area (Å²) in [6, 6.07) is 9.10. The molecule has 0 bridgehead atoms. The van der Waals surface area contributed by atoms with Crippen molar-refractivity contribution in [2.45, 2.75) is 13.3 Å². The number of rotatable bonds is 5.